The van der Waals surface area contributed by atoms with Gasteiger partial charge in [-0.15, -0.1) is 0 Å². The Morgan fingerprint density at radius 2 is 2.26 bits per heavy atom. The maximum atomic E-state index is 11.9. The van der Waals surface area contributed by atoms with Crippen molar-refractivity contribution < 1.29 is 9.72 Å². The molecular formula is C12H14BrClN2O3. The normalized spacial score (nSPS) is 11.9. The second kappa shape index (κ2) is 7.45. The van der Waals surface area contributed by atoms with Crippen LogP contribution < -0.4 is 5.32 Å². The van der Waals surface area contributed by atoms with Gasteiger partial charge in [0.15, 0.2) is 0 Å². The first-order valence-corrected chi connectivity index (χ1v) is 7.11. The number of carbonyl (C=O) groups is 1. The van der Waals surface area contributed by atoms with E-state index in [1.807, 2.05) is 6.92 Å². The van der Waals surface area contributed by atoms with Crippen LogP contribution >= 0.6 is 27.5 Å². The largest absolute Gasteiger partial charge is 0.352 e. The molecule has 0 saturated heterocycles. The highest BCUT2D eigenvalue weighted by atomic mass is 79.9. The number of hydrogen-bond acceptors (Lipinski definition) is 3. The molecule has 0 spiro atoms. The maximum absolute atomic E-state index is 11.9. The number of nitrogens with zero attached hydrogens (tertiary/aromatic N) is 1. The van der Waals surface area contributed by atoms with E-state index in [-0.39, 0.29) is 16.3 Å². The van der Waals surface area contributed by atoms with Crippen LogP contribution in [0.5, 0.6) is 0 Å². The Balaban J connectivity index is 2.74. The number of nitro groups is 1. The van der Waals surface area contributed by atoms with Crippen LogP contribution in [-0.4, -0.2) is 22.2 Å². The summed E-state index contributed by atoms with van der Waals surface area (Å²) in [5.74, 6) is -0.459. The molecule has 0 bridgehead atoms. The Kier molecular flexibility index (Phi) is 6.24. The van der Waals surface area contributed by atoms with Gasteiger partial charge in [0.2, 0.25) is 0 Å². The molecule has 0 heterocycles. The Morgan fingerprint density at radius 3 is 2.84 bits per heavy atom. The molecule has 0 aliphatic carbocycles. The Labute approximate surface area is 124 Å². The van der Waals surface area contributed by atoms with E-state index in [0.29, 0.717) is 11.4 Å². The van der Waals surface area contributed by atoms with Gasteiger partial charge >= 0.3 is 0 Å². The lowest BCUT2D eigenvalue weighted by molar-refractivity contribution is -0.385. The van der Waals surface area contributed by atoms with Crippen molar-refractivity contribution in [3.63, 3.8) is 0 Å². The summed E-state index contributed by atoms with van der Waals surface area (Å²) in [6.07, 6.45) is 1.72. The van der Waals surface area contributed by atoms with Crippen LogP contribution in [0.25, 0.3) is 0 Å². The summed E-state index contributed by atoms with van der Waals surface area (Å²) in [4.78, 5) is 22.5. The minimum absolute atomic E-state index is 0.0250. The Morgan fingerprint density at radius 1 is 1.58 bits per heavy atom. The van der Waals surface area contributed by atoms with E-state index in [0.717, 1.165) is 12.8 Å². The first-order valence-electron chi connectivity index (χ1n) is 5.82. The summed E-state index contributed by atoms with van der Waals surface area (Å²) >= 11 is 9.14. The van der Waals surface area contributed by atoms with Crippen molar-refractivity contribution in [2.24, 2.45) is 0 Å². The van der Waals surface area contributed by atoms with Crippen LogP contribution in [-0.2, 0) is 0 Å². The fourth-order valence-electron chi connectivity index (χ4n) is 1.49. The quantitative estimate of drug-likeness (QED) is 0.485. The zero-order valence-corrected chi connectivity index (χ0v) is 12.7. The van der Waals surface area contributed by atoms with Crippen molar-refractivity contribution in [3.8, 4) is 0 Å². The minimum Gasteiger partial charge on any atom is -0.352 e. The molecule has 19 heavy (non-hydrogen) atoms. The summed E-state index contributed by atoms with van der Waals surface area (Å²) in [5, 5.41) is 13.8. The summed E-state index contributed by atoms with van der Waals surface area (Å²) in [6, 6.07) is 4.00. The number of hydrogen-bond donors (Lipinski definition) is 1. The molecule has 1 amide bonds. The van der Waals surface area contributed by atoms with Gasteiger partial charge in [0, 0.05) is 22.5 Å². The van der Waals surface area contributed by atoms with Crippen molar-refractivity contribution >= 4 is 39.1 Å². The first kappa shape index (κ1) is 15.9. The zero-order valence-electron chi connectivity index (χ0n) is 10.4. The van der Waals surface area contributed by atoms with E-state index < -0.39 is 10.8 Å². The topological polar surface area (TPSA) is 72.2 Å². The summed E-state index contributed by atoms with van der Waals surface area (Å²) in [6.45, 7) is 2.49. The van der Waals surface area contributed by atoms with Crippen molar-refractivity contribution in [1.29, 1.82) is 0 Å². The van der Waals surface area contributed by atoms with Crippen LogP contribution in [0.1, 0.15) is 30.1 Å². The molecule has 0 aliphatic heterocycles. The van der Waals surface area contributed by atoms with E-state index >= 15 is 0 Å². The molecule has 1 N–H and O–H groups in total. The molecule has 1 rings (SSSR count). The predicted octanol–water partition coefficient (Wildman–Crippen LogP) is 3.54. The molecule has 0 radical (unpaired) electrons. The van der Waals surface area contributed by atoms with Crippen molar-refractivity contribution in [2.75, 3.05) is 6.54 Å². The number of carbonyl (C=O) groups excluding carboxylic acids is 1. The lowest BCUT2D eigenvalue weighted by Crippen LogP contribution is -2.26. The SMILES string of the molecule is CCC(Br)CCNC(=O)c1ccc(Cl)cc1[N+](=O)[O-]. The Bertz CT molecular complexity index is 482. The molecular weight excluding hydrogens is 336 g/mol. The third-order valence-corrected chi connectivity index (χ3v) is 3.93. The van der Waals surface area contributed by atoms with Gasteiger partial charge in [0.05, 0.1) is 4.92 Å². The van der Waals surface area contributed by atoms with E-state index in [2.05, 4.69) is 21.2 Å². The molecule has 104 valence electrons. The van der Waals surface area contributed by atoms with E-state index in [1.54, 1.807) is 0 Å². The van der Waals surface area contributed by atoms with Crippen LogP contribution in [0.3, 0.4) is 0 Å². The number of amides is 1. The zero-order chi connectivity index (χ0) is 14.4. The molecule has 1 unspecified atom stereocenters. The number of alkyl halides is 1. The van der Waals surface area contributed by atoms with E-state index in [9.17, 15) is 14.9 Å². The molecule has 0 fully saturated rings. The molecule has 5 nitrogen and oxygen atoms in total. The van der Waals surface area contributed by atoms with Crippen LogP contribution in [0.2, 0.25) is 5.02 Å². The second-order valence-electron chi connectivity index (χ2n) is 3.97. The van der Waals surface area contributed by atoms with Crippen LogP contribution in [0, 0.1) is 10.1 Å². The average Bonchev–Trinajstić information content (AvgIpc) is 2.38. The highest BCUT2D eigenvalue weighted by molar-refractivity contribution is 9.09. The van der Waals surface area contributed by atoms with Crippen molar-refractivity contribution in [1.82, 2.24) is 5.32 Å². The number of nitrogens with one attached hydrogen (secondary N) is 1. The van der Waals surface area contributed by atoms with Crippen molar-refractivity contribution in [3.05, 3.63) is 38.9 Å². The number of halogens is 2. The molecule has 1 aromatic carbocycles. The summed E-state index contributed by atoms with van der Waals surface area (Å²) in [7, 11) is 0. The smallest absolute Gasteiger partial charge is 0.283 e. The molecule has 1 atom stereocenters. The van der Waals surface area contributed by atoms with Gasteiger partial charge in [0.25, 0.3) is 11.6 Å². The van der Waals surface area contributed by atoms with Crippen LogP contribution in [0.15, 0.2) is 18.2 Å². The van der Waals surface area contributed by atoms with E-state index in [1.165, 1.54) is 18.2 Å². The summed E-state index contributed by atoms with van der Waals surface area (Å²) in [5.41, 5.74) is -0.257. The lowest BCUT2D eigenvalue weighted by Gasteiger charge is -2.08. The van der Waals surface area contributed by atoms with Gasteiger partial charge in [-0.1, -0.05) is 34.5 Å². The van der Waals surface area contributed by atoms with Gasteiger partial charge in [0.1, 0.15) is 5.56 Å². The number of nitro benzene ring substituents is 1. The second-order valence-corrected chi connectivity index (χ2v) is 5.70. The fraction of sp³-hybridized carbons (Fsp3) is 0.417. The lowest BCUT2D eigenvalue weighted by atomic mass is 10.1. The summed E-state index contributed by atoms with van der Waals surface area (Å²) < 4.78 is 0. The van der Waals surface area contributed by atoms with Gasteiger partial charge in [-0.05, 0) is 25.0 Å². The highest BCUT2D eigenvalue weighted by Gasteiger charge is 2.20. The van der Waals surface area contributed by atoms with Crippen molar-refractivity contribution in [2.45, 2.75) is 24.6 Å². The molecule has 0 aromatic heterocycles. The first-order chi connectivity index (χ1) is 8.95. The maximum Gasteiger partial charge on any atom is 0.283 e. The fourth-order valence-corrected chi connectivity index (χ4v) is 1.88. The number of rotatable bonds is 6. The standard InChI is InChI=1S/C12H14BrClN2O3/c1-2-8(13)5-6-15-12(17)10-4-3-9(14)7-11(10)16(18)19/h3-4,7-8H,2,5-6H2,1H3,(H,15,17). The van der Waals surface area contributed by atoms with Gasteiger partial charge < -0.3 is 5.32 Å². The molecule has 7 heteroatoms. The third kappa shape index (κ3) is 4.80. The molecule has 0 saturated carbocycles. The minimum atomic E-state index is -0.611. The molecule has 1 aromatic rings. The average molecular weight is 350 g/mol. The highest BCUT2D eigenvalue weighted by Crippen LogP contribution is 2.23. The number of benzene rings is 1. The Hall–Kier alpha value is -1.14. The van der Waals surface area contributed by atoms with E-state index in [4.69, 9.17) is 11.6 Å². The van der Waals surface area contributed by atoms with Crippen LogP contribution in [0.4, 0.5) is 5.69 Å². The molecule has 0 aliphatic rings. The van der Waals surface area contributed by atoms with Gasteiger partial charge in [-0.3, -0.25) is 14.9 Å². The van der Waals surface area contributed by atoms with Gasteiger partial charge in [-0.25, -0.2) is 0 Å². The van der Waals surface area contributed by atoms with Gasteiger partial charge in [-0.2, -0.15) is 0 Å². The monoisotopic (exact) mass is 348 g/mol. The third-order valence-electron chi connectivity index (χ3n) is 2.59. The predicted molar refractivity (Wildman–Crippen MR) is 78.1 cm³/mol.